The molecule has 0 aromatic carbocycles. The predicted octanol–water partition coefficient (Wildman–Crippen LogP) is 3.13. The molecule has 0 saturated heterocycles. The maximum absolute atomic E-state index is 13.1. The Morgan fingerprint density at radius 2 is 0.929 bits per heavy atom. The van der Waals surface area contributed by atoms with Crippen LogP contribution < -0.4 is 5.11 Å². The largest absolute Gasteiger partial charge is 0.548 e. The van der Waals surface area contributed by atoms with Crippen LogP contribution in [0.2, 0.25) is 0 Å². The minimum Gasteiger partial charge on any atom is -0.548 e. The molecule has 0 atom stereocenters. The average Bonchev–Trinajstić information content (AvgIpc) is 2.44. The molecular weight excluding hydrogens is 453 g/mol. The molecule has 0 aliphatic carbocycles. The smallest absolute Gasteiger partial charge is 0.460 e. The van der Waals surface area contributed by atoms with Gasteiger partial charge in [-0.2, -0.15) is 65.9 Å². The van der Waals surface area contributed by atoms with Gasteiger partial charge in [0.15, 0.2) is 0 Å². The van der Waals surface area contributed by atoms with E-state index in [1.165, 1.54) is 0 Å². The first-order chi connectivity index (χ1) is 11.9. The van der Waals surface area contributed by atoms with E-state index in [1.54, 1.807) is 0 Å². The third kappa shape index (κ3) is 3.78. The highest BCUT2D eigenvalue weighted by molar-refractivity contribution is 5.65. The molecule has 28 heavy (non-hydrogen) atoms. The third-order valence-corrected chi connectivity index (χ3v) is 2.90. The first kappa shape index (κ1) is 26.4. The lowest BCUT2D eigenvalue weighted by molar-refractivity contribution is -0.453. The summed E-state index contributed by atoms with van der Waals surface area (Å²) in [4.78, 5) is 9.80. The molecule has 18 heteroatoms. The number of halogens is 15. The topological polar surface area (TPSA) is 49.4 Å². The van der Waals surface area contributed by atoms with Crippen LogP contribution in [0.4, 0.5) is 65.9 Å². The van der Waals surface area contributed by atoms with Crippen LogP contribution in [0.3, 0.4) is 0 Å². The standard InChI is InChI=1S/C10H5F15O3/c11-4(12,2-28-1-3(26)27)5(13,14)6(15,16)7(17,18)8(19,20)9(21,22)10(23,24)25/h1-2H2,(H,26,27)/p-1. The van der Waals surface area contributed by atoms with Gasteiger partial charge in [-0.25, -0.2) is 0 Å². The van der Waals surface area contributed by atoms with Gasteiger partial charge < -0.3 is 14.6 Å². The molecule has 0 saturated carbocycles. The summed E-state index contributed by atoms with van der Waals surface area (Å²) in [6.07, 6.45) is -7.68. The van der Waals surface area contributed by atoms with Gasteiger partial charge in [0.25, 0.3) is 0 Å². The van der Waals surface area contributed by atoms with E-state index in [2.05, 4.69) is 4.74 Å². The van der Waals surface area contributed by atoms with Gasteiger partial charge in [-0.15, -0.1) is 0 Å². The van der Waals surface area contributed by atoms with Crippen molar-refractivity contribution in [3.63, 3.8) is 0 Å². The summed E-state index contributed by atoms with van der Waals surface area (Å²) in [6.45, 7) is -5.18. The average molecular weight is 457 g/mol. The van der Waals surface area contributed by atoms with Gasteiger partial charge in [-0.1, -0.05) is 0 Å². The second kappa shape index (κ2) is 7.01. The van der Waals surface area contributed by atoms with Gasteiger partial charge in [0.2, 0.25) is 0 Å². The number of carboxylic acids is 1. The van der Waals surface area contributed by atoms with Gasteiger partial charge in [0.05, 0.1) is 12.6 Å². The number of rotatable bonds is 9. The van der Waals surface area contributed by atoms with E-state index < -0.39 is 60.9 Å². The molecule has 0 aromatic heterocycles. The molecule has 0 N–H and O–H groups in total. The van der Waals surface area contributed by atoms with Crippen molar-refractivity contribution in [1.29, 1.82) is 0 Å². The number of carbonyl (C=O) groups excluding carboxylic acids is 1. The molecule has 0 unspecified atom stereocenters. The molecule has 0 rings (SSSR count). The molecular formula is C10H4F15O3-. The van der Waals surface area contributed by atoms with Gasteiger partial charge in [0, 0.05) is 0 Å². The highest BCUT2D eigenvalue weighted by atomic mass is 19.4. The molecule has 0 aliphatic rings. The highest BCUT2D eigenvalue weighted by Crippen LogP contribution is 2.62. The van der Waals surface area contributed by atoms with Crippen molar-refractivity contribution in [3.8, 4) is 0 Å². The van der Waals surface area contributed by atoms with Gasteiger partial charge in [-0.05, 0) is 0 Å². The van der Waals surface area contributed by atoms with Crippen LogP contribution in [0, 0.1) is 0 Å². The Morgan fingerprint density at radius 3 is 1.25 bits per heavy atom. The van der Waals surface area contributed by atoms with Crippen LogP contribution in [0.1, 0.15) is 0 Å². The van der Waals surface area contributed by atoms with Crippen molar-refractivity contribution in [3.05, 3.63) is 0 Å². The second-order valence-electron chi connectivity index (χ2n) is 4.94. The van der Waals surface area contributed by atoms with Gasteiger partial charge >= 0.3 is 41.7 Å². The van der Waals surface area contributed by atoms with E-state index in [4.69, 9.17) is 0 Å². The normalized spacial score (nSPS) is 15.7. The van der Waals surface area contributed by atoms with Crippen molar-refractivity contribution < 1.29 is 80.5 Å². The Labute approximate surface area is 143 Å². The Kier molecular flexibility index (Phi) is 6.61. The molecule has 168 valence electrons. The lowest BCUT2D eigenvalue weighted by Crippen LogP contribution is -2.73. The maximum atomic E-state index is 13.1. The maximum Gasteiger partial charge on any atom is 0.460 e. The fourth-order valence-corrected chi connectivity index (χ4v) is 1.35. The van der Waals surface area contributed by atoms with Gasteiger partial charge in [0.1, 0.15) is 6.61 Å². The number of hydrogen-bond donors (Lipinski definition) is 0. The van der Waals surface area contributed by atoms with E-state index in [1.807, 2.05) is 0 Å². The second-order valence-corrected chi connectivity index (χ2v) is 4.94. The monoisotopic (exact) mass is 457 g/mol. The number of hydrogen-bond acceptors (Lipinski definition) is 3. The minimum absolute atomic E-state index is 2.02. The third-order valence-electron chi connectivity index (χ3n) is 2.90. The lowest BCUT2D eigenvalue weighted by atomic mass is 9.91. The first-order valence-electron chi connectivity index (χ1n) is 6.03. The van der Waals surface area contributed by atoms with Gasteiger partial charge in [-0.3, -0.25) is 0 Å². The van der Waals surface area contributed by atoms with Crippen LogP contribution in [-0.4, -0.2) is 60.9 Å². The molecule has 0 amide bonds. The Bertz CT molecular complexity index is 579. The molecule has 0 bridgehead atoms. The minimum atomic E-state index is -8.39. The molecule has 0 spiro atoms. The Morgan fingerprint density at radius 1 is 0.607 bits per heavy atom. The summed E-state index contributed by atoms with van der Waals surface area (Å²) in [6, 6.07) is 0. The van der Waals surface area contributed by atoms with Crippen LogP contribution in [0.25, 0.3) is 0 Å². The highest BCUT2D eigenvalue weighted by Gasteiger charge is 2.93. The summed E-state index contributed by atoms with van der Waals surface area (Å²) in [5, 5.41) is 9.80. The number of carboxylic acid groups (broad SMARTS) is 1. The van der Waals surface area contributed by atoms with E-state index in [9.17, 15) is 75.8 Å². The molecule has 0 aliphatic heterocycles. The fraction of sp³-hybridized carbons (Fsp3) is 0.900. The lowest BCUT2D eigenvalue weighted by Gasteiger charge is -2.41. The van der Waals surface area contributed by atoms with Crippen LogP contribution >= 0.6 is 0 Å². The van der Waals surface area contributed by atoms with Crippen LogP contribution in [0.5, 0.6) is 0 Å². The SMILES string of the molecule is O=C([O-])COCC(F)(F)C(F)(F)C(F)(F)C(F)(F)C(F)(F)C(F)(F)C(F)(F)F. The fourth-order valence-electron chi connectivity index (χ4n) is 1.35. The zero-order valence-electron chi connectivity index (χ0n) is 12.3. The summed E-state index contributed by atoms with van der Waals surface area (Å²) >= 11 is 0. The van der Waals surface area contributed by atoms with E-state index in [0.717, 1.165) is 0 Å². The zero-order valence-corrected chi connectivity index (χ0v) is 12.3. The predicted molar refractivity (Wildman–Crippen MR) is 51.6 cm³/mol. The Hall–Kier alpha value is -1.62. The van der Waals surface area contributed by atoms with Crippen LogP contribution in [0.15, 0.2) is 0 Å². The van der Waals surface area contributed by atoms with Crippen molar-refractivity contribution in [2.45, 2.75) is 41.7 Å². The molecule has 0 fully saturated rings. The van der Waals surface area contributed by atoms with Crippen molar-refractivity contribution >= 4 is 5.97 Å². The molecule has 0 heterocycles. The quantitative estimate of drug-likeness (QED) is 0.501. The summed E-state index contributed by atoms with van der Waals surface area (Å²) in [5.41, 5.74) is 0. The van der Waals surface area contributed by atoms with Crippen molar-refractivity contribution in [2.75, 3.05) is 13.2 Å². The molecule has 0 radical (unpaired) electrons. The van der Waals surface area contributed by atoms with E-state index in [-0.39, 0.29) is 0 Å². The zero-order chi connectivity index (χ0) is 23.2. The summed E-state index contributed by atoms with van der Waals surface area (Å²) < 4.78 is 194. The van der Waals surface area contributed by atoms with Crippen molar-refractivity contribution in [1.82, 2.24) is 0 Å². The van der Waals surface area contributed by atoms with Crippen molar-refractivity contribution in [2.24, 2.45) is 0 Å². The summed E-state index contributed by atoms with van der Waals surface area (Å²) in [7, 11) is 0. The number of aliphatic carboxylic acids is 1. The van der Waals surface area contributed by atoms with Crippen LogP contribution in [-0.2, 0) is 9.53 Å². The molecule has 0 aromatic rings. The first-order valence-corrected chi connectivity index (χ1v) is 6.03. The van der Waals surface area contributed by atoms with E-state index in [0.29, 0.717) is 0 Å². The van der Waals surface area contributed by atoms with E-state index >= 15 is 0 Å². The number of alkyl halides is 15. The number of ether oxygens (including phenoxy) is 1. The number of carbonyl (C=O) groups is 1. The Balaban J connectivity index is 6.20. The molecule has 3 nitrogen and oxygen atoms in total. The summed E-state index contributed by atoms with van der Waals surface area (Å²) in [5.74, 6) is -49.8.